The Kier molecular flexibility index (Phi) is 4.79. The van der Waals surface area contributed by atoms with Gasteiger partial charge in [-0.3, -0.25) is 4.98 Å². The van der Waals surface area contributed by atoms with Crippen molar-refractivity contribution in [2.24, 2.45) is 17.8 Å². The third-order valence-electron chi connectivity index (χ3n) is 4.08. The quantitative estimate of drug-likeness (QED) is 0.906. The Morgan fingerprint density at radius 2 is 1.94 bits per heavy atom. The van der Waals surface area contributed by atoms with E-state index in [1.165, 1.54) is 19.3 Å². The lowest BCUT2D eigenvalue weighted by atomic mass is 9.73. The van der Waals surface area contributed by atoms with E-state index in [0.717, 1.165) is 22.0 Å². The molecule has 0 spiro atoms. The molecule has 3 atom stereocenters. The number of aromatic nitrogens is 1. The highest BCUT2D eigenvalue weighted by molar-refractivity contribution is 9.10. The van der Waals surface area contributed by atoms with Crippen LogP contribution in [0.1, 0.15) is 44.8 Å². The van der Waals surface area contributed by atoms with Gasteiger partial charge in [-0.15, -0.1) is 0 Å². The molecule has 1 N–H and O–H groups in total. The Balaban J connectivity index is 2.20. The van der Waals surface area contributed by atoms with E-state index in [9.17, 15) is 0 Å². The number of pyridine rings is 1. The van der Waals surface area contributed by atoms with Gasteiger partial charge in [0.15, 0.2) is 0 Å². The number of hydrogen-bond acceptors (Lipinski definition) is 2. The predicted molar refractivity (Wildman–Crippen MR) is 79.4 cm³/mol. The van der Waals surface area contributed by atoms with Gasteiger partial charge in [-0.05, 0) is 72.1 Å². The van der Waals surface area contributed by atoms with Gasteiger partial charge in [-0.2, -0.15) is 0 Å². The summed E-state index contributed by atoms with van der Waals surface area (Å²) in [5, 5.41) is 3.48. The van der Waals surface area contributed by atoms with E-state index in [0.29, 0.717) is 12.0 Å². The first-order chi connectivity index (χ1) is 8.61. The van der Waals surface area contributed by atoms with E-state index in [1.54, 1.807) is 0 Å². The molecule has 1 aliphatic carbocycles. The molecule has 0 amide bonds. The minimum atomic E-state index is 0.366. The second kappa shape index (κ2) is 6.16. The van der Waals surface area contributed by atoms with Crippen molar-refractivity contribution >= 4 is 15.9 Å². The van der Waals surface area contributed by atoms with Gasteiger partial charge < -0.3 is 5.32 Å². The maximum absolute atomic E-state index is 4.57. The normalized spacial score (nSPS) is 30.1. The molecule has 1 heterocycles. The number of hydrogen-bond donors (Lipinski definition) is 1. The third-order valence-corrected chi connectivity index (χ3v) is 4.75. The number of rotatable bonds is 3. The van der Waals surface area contributed by atoms with Crippen molar-refractivity contribution in [3.63, 3.8) is 0 Å². The summed E-state index contributed by atoms with van der Waals surface area (Å²) in [5.41, 5.74) is 1.16. The molecule has 1 fully saturated rings. The number of nitrogens with one attached hydrogen (secondary N) is 1. The van der Waals surface area contributed by atoms with Crippen LogP contribution in [0.4, 0.5) is 0 Å². The zero-order chi connectivity index (χ0) is 13.1. The molecule has 18 heavy (non-hydrogen) atoms. The fraction of sp³-hybridized carbons (Fsp3) is 0.667. The summed E-state index contributed by atoms with van der Waals surface area (Å²) in [4.78, 5) is 4.57. The maximum atomic E-state index is 4.57. The summed E-state index contributed by atoms with van der Waals surface area (Å²) in [5.74, 6) is 2.36. The molecule has 0 bridgehead atoms. The molecule has 100 valence electrons. The third kappa shape index (κ3) is 3.12. The Bertz CT molecular complexity index is 384. The lowest BCUT2D eigenvalue weighted by molar-refractivity contribution is 0.178. The van der Waals surface area contributed by atoms with Crippen LogP contribution in [0.5, 0.6) is 0 Å². The lowest BCUT2D eigenvalue weighted by Crippen LogP contribution is -2.32. The molecular weight excluding hydrogens is 288 g/mol. The average Bonchev–Trinajstić information content (AvgIpc) is 2.31. The van der Waals surface area contributed by atoms with Crippen molar-refractivity contribution in [3.05, 3.63) is 28.5 Å². The highest BCUT2D eigenvalue weighted by Crippen LogP contribution is 2.40. The number of nitrogens with zero attached hydrogens (tertiary/aromatic N) is 1. The summed E-state index contributed by atoms with van der Waals surface area (Å²) in [6.07, 6.45) is 5.87. The highest BCUT2D eigenvalue weighted by atomic mass is 79.9. The van der Waals surface area contributed by atoms with Crippen LogP contribution in [0.25, 0.3) is 0 Å². The van der Waals surface area contributed by atoms with Crippen LogP contribution in [0, 0.1) is 17.8 Å². The van der Waals surface area contributed by atoms with Gasteiger partial charge in [0.1, 0.15) is 0 Å². The summed E-state index contributed by atoms with van der Waals surface area (Å²) in [6.45, 7) is 4.76. The van der Waals surface area contributed by atoms with Gasteiger partial charge in [0.2, 0.25) is 0 Å². The SMILES string of the molecule is CNC(c1ncccc1Br)C1CC(C)CC(C)C1. The minimum Gasteiger partial charge on any atom is -0.311 e. The van der Waals surface area contributed by atoms with Crippen LogP contribution in [0.3, 0.4) is 0 Å². The van der Waals surface area contributed by atoms with E-state index in [1.807, 2.05) is 12.3 Å². The van der Waals surface area contributed by atoms with Crippen molar-refractivity contribution in [2.45, 2.75) is 39.2 Å². The standard InChI is InChI=1S/C15H23BrN2/c1-10-7-11(2)9-12(8-10)14(17-3)15-13(16)5-4-6-18-15/h4-6,10-12,14,17H,7-9H2,1-3H3. The molecule has 1 aromatic rings. The monoisotopic (exact) mass is 310 g/mol. The average molecular weight is 311 g/mol. The van der Waals surface area contributed by atoms with E-state index < -0.39 is 0 Å². The first-order valence-electron chi connectivity index (χ1n) is 6.89. The van der Waals surface area contributed by atoms with Gasteiger partial charge in [0.25, 0.3) is 0 Å². The molecule has 3 unspecified atom stereocenters. The molecule has 0 aliphatic heterocycles. The topological polar surface area (TPSA) is 24.9 Å². The van der Waals surface area contributed by atoms with Crippen LogP contribution in [-0.2, 0) is 0 Å². The molecule has 0 saturated heterocycles. The number of halogens is 1. The van der Waals surface area contributed by atoms with Crippen LogP contribution < -0.4 is 5.32 Å². The Morgan fingerprint density at radius 1 is 1.28 bits per heavy atom. The molecule has 1 saturated carbocycles. The van der Waals surface area contributed by atoms with Crippen LogP contribution >= 0.6 is 15.9 Å². The van der Waals surface area contributed by atoms with Gasteiger partial charge in [0.05, 0.1) is 11.7 Å². The van der Waals surface area contributed by atoms with Crippen LogP contribution in [0.15, 0.2) is 22.8 Å². The van der Waals surface area contributed by atoms with Crippen molar-refractivity contribution < 1.29 is 0 Å². The van der Waals surface area contributed by atoms with Gasteiger partial charge in [-0.25, -0.2) is 0 Å². The summed E-state index contributed by atoms with van der Waals surface area (Å²) in [7, 11) is 2.05. The predicted octanol–water partition coefficient (Wildman–Crippen LogP) is 4.18. The van der Waals surface area contributed by atoms with E-state index >= 15 is 0 Å². The fourth-order valence-electron chi connectivity index (χ4n) is 3.50. The molecule has 2 nitrogen and oxygen atoms in total. The van der Waals surface area contributed by atoms with E-state index in [-0.39, 0.29) is 0 Å². The Morgan fingerprint density at radius 3 is 2.50 bits per heavy atom. The molecule has 1 aliphatic rings. The van der Waals surface area contributed by atoms with Crippen LogP contribution in [-0.4, -0.2) is 12.0 Å². The van der Waals surface area contributed by atoms with Crippen molar-refractivity contribution in [1.29, 1.82) is 0 Å². The molecule has 0 aromatic carbocycles. The minimum absolute atomic E-state index is 0.366. The summed E-state index contributed by atoms with van der Waals surface area (Å²) < 4.78 is 1.12. The molecule has 3 heteroatoms. The van der Waals surface area contributed by atoms with Crippen molar-refractivity contribution in [2.75, 3.05) is 7.05 Å². The smallest absolute Gasteiger partial charge is 0.0717 e. The van der Waals surface area contributed by atoms with E-state index in [4.69, 9.17) is 0 Å². The lowest BCUT2D eigenvalue weighted by Gasteiger charge is -2.36. The Labute approximate surface area is 119 Å². The fourth-order valence-corrected chi connectivity index (χ4v) is 4.01. The zero-order valence-corrected chi connectivity index (χ0v) is 13.1. The summed E-state index contributed by atoms with van der Waals surface area (Å²) >= 11 is 3.63. The largest absolute Gasteiger partial charge is 0.311 e. The van der Waals surface area contributed by atoms with Crippen molar-refractivity contribution in [3.8, 4) is 0 Å². The molecule has 0 radical (unpaired) electrons. The second-order valence-corrected chi connectivity index (χ2v) is 6.67. The van der Waals surface area contributed by atoms with Crippen LogP contribution in [0.2, 0.25) is 0 Å². The zero-order valence-electron chi connectivity index (χ0n) is 11.5. The second-order valence-electron chi connectivity index (χ2n) is 5.81. The van der Waals surface area contributed by atoms with Crippen molar-refractivity contribution in [1.82, 2.24) is 10.3 Å². The highest BCUT2D eigenvalue weighted by Gasteiger charge is 2.31. The van der Waals surface area contributed by atoms with E-state index in [2.05, 4.69) is 53.2 Å². The molecular formula is C15H23BrN2. The van der Waals surface area contributed by atoms with Gasteiger partial charge in [-0.1, -0.05) is 13.8 Å². The summed E-state index contributed by atoms with van der Waals surface area (Å²) in [6, 6.07) is 4.43. The maximum Gasteiger partial charge on any atom is 0.0717 e. The molecule has 1 aromatic heterocycles. The van der Waals surface area contributed by atoms with Gasteiger partial charge in [0, 0.05) is 10.7 Å². The Hall–Kier alpha value is -0.410. The molecule has 2 rings (SSSR count). The first-order valence-corrected chi connectivity index (χ1v) is 7.68. The first kappa shape index (κ1) is 14.0. The van der Waals surface area contributed by atoms with Gasteiger partial charge >= 0.3 is 0 Å².